The second-order valence-electron chi connectivity index (χ2n) is 4.35. The van der Waals surface area contributed by atoms with E-state index in [2.05, 4.69) is 4.98 Å². The molecule has 8 nitrogen and oxygen atoms in total. The fourth-order valence-electron chi connectivity index (χ4n) is 1.74. The van der Waals surface area contributed by atoms with Gasteiger partial charge in [0.1, 0.15) is 5.69 Å². The zero-order valence-corrected chi connectivity index (χ0v) is 13.2. The summed E-state index contributed by atoms with van der Waals surface area (Å²) in [6.07, 6.45) is 2.80. The predicted octanol–water partition coefficient (Wildman–Crippen LogP) is 2.52. The summed E-state index contributed by atoms with van der Waals surface area (Å²) in [5.74, 6) is -1.25. The maximum absolute atomic E-state index is 11.8. The number of pyridine rings is 1. The fourth-order valence-corrected chi connectivity index (χ4v) is 1.74. The van der Waals surface area contributed by atoms with E-state index in [1.54, 1.807) is 20.8 Å². The van der Waals surface area contributed by atoms with Crippen LogP contribution in [0.5, 0.6) is 0 Å². The Bertz CT molecular complexity index is 639. The molecular weight excluding hydrogens is 304 g/mol. The number of rotatable bonds is 7. The Morgan fingerprint density at radius 2 is 1.91 bits per heavy atom. The molecule has 0 aliphatic carbocycles. The van der Waals surface area contributed by atoms with Crippen molar-refractivity contribution in [1.82, 2.24) is 4.98 Å². The minimum atomic E-state index is -0.695. The third-order valence-electron chi connectivity index (χ3n) is 2.83. The normalized spacial score (nSPS) is 11.0. The average Bonchev–Trinajstić information content (AvgIpc) is 2.52. The van der Waals surface area contributed by atoms with Crippen molar-refractivity contribution >= 4 is 23.7 Å². The van der Waals surface area contributed by atoms with E-state index in [1.807, 2.05) is 0 Å². The molecule has 124 valence electrons. The molecule has 0 unspecified atom stereocenters. The third-order valence-corrected chi connectivity index (χ3v) is 2.83. The smallest absolute Gasteiger partial charge is 0.339 e. The van der Waals surface area contributed by atoms with Crippen LogP contribution in [0.25, 0.3) is 6.08 Å². The molecule has 0 aliphatic heterocycles. The zero-order chi connectivity index (χ0) is 17.4. The van der Waals surface area contributed by atoms with Gasteiger partial charge in [-0.05, 0) is 26.3 Å². The number of carbonyl (C=O) groups excluding carboxylic acids is 2. The zero-order valence-electron chi connectivity index (χ0n) is 13.2. The van der Waals surface area contributed by atoms with Gasteiger partial charge in [-0.2, -0.15) is 0 Å². The number of hydrogen-bond acceptors (Lipinski definition) is 7. The van der Waals surface area contributed by atoms with Gasteiger partial charge in [-0.1, -0.05) is 6.92 Å². The summed E-state index contributed by atoms with van der Waals surface area (Å²) in [6, 6.07) is 1.08. The van der Waals surface area contributed by atoms with E-state index < -0.39 is 16.9 Å². The van der Waals surface area contributed by atoms with E-state index in [1.165, 1.54) is 12.3 Å². The van der Waals surface area contributed by atoms with E-state index in [9.17, 15) is 19.7 Å². The van der Waals surface area contributed by atoms with Crippen molar-refractivity contribution < 1.29 is 24.0 Å². The Balaban J connectivity index is 3.28. The van der Waals surface area contributed by atoms with Crippen molar-refractivity contribution in [3.63, 3.8) is 0 Å². The van der Waals surface area contributed by atoms with Crippen LogP contribution < -0.4 is 0 Å². The monoisotopic (exact) mass is 322 g/mol. The largest absolute Gasteiger partial charge is 0.463 e. The first-order valence-corrected chi connectivity index (χ1v) is 7.13. The number of carbonyl (C=O) groups is 2. The highest BCUT2D eigenvalue weighted by atomic mass is 16.6. The van der Waals surface area contributed by atoms with Gasteiger partial charge >= 0.3 is 11.9 Å². The Morgan fingerprint density at radius 3 is 2.43 bits per heavy atom. The molecule has 1 rings (SSSR count). The van der Waals surface area contributed by atoms with Gasteiger partial charge in [-0.3, -0.25) is 10.1 Å². The highest BCUT2D eigenvalue weighted by molar-refractivity contribution is 5.94. The molecule has 0 fully saturated rings. The molecule has 1 heterocycles. The first kappa shape index (κ1) is 18.3. The summed E-state index contributed by atoms with van der Waals surface area (Å²) in [5.41, 5.74) is -0.171. The van der Waals surface area contributed by atoms with Crippen molar-refractivity contribution in [1.29, 1.82) is 0 Å². The maximum atomic E-state index is 11.8. The van der Waals surface area contributed by atoms with Crippen LogP contribution in [0.1, 0.15) is 43.2 Å². The van der Waals surface area contributed by atoms with Gasteiger partial charge in [0.25, 0.3) is 5.69 Å². The van der Waals surface area contributed by atoms with Gasteiger partial charge < -0.3 is 9.47 Å². The molecule has 0 amide bonds. The number of esters is 2. The molecule has 8 heteroatoms. The fraction of sp³-hybridized carbons (Fsp3) is 0.400. The maximum Gasteiger partial charge on any atom is 0.339 e. The predicted molar refractivity (Wildman–Crippen MR) is 81.7 cm³/mol. The van der Waals surface area contributed by atoms with Crippen LogP contribution in [0.4, 0.5) is 5.69 Å². The molecular formula is C15H18N2O6. The van der Waals surface area contributed by atoms with E-state index >= 15 is 0 Å². The van der Waals surface area contributed by atoms with Crippen molar-refractivity contribution in [3.8, 4) is 0 Å². The second kappa shape index (κ2) is 8.62. The van der Waals surface area contributed by atoms with E-state index in [-0.39, 0.29) is 35.7 Å². The van der Waals surface area contributed by atoms with Crippen LogP contribution in [-0.4, -0.2) is 35.1 Å². The lowest BCUT2D eigenvalue weighted by Gasteiger charge is -2.06. The second-order valence-corrected chi connectivity index (χ2v) is 4.35. The number of hydrogen-bond donors (Lipinski definition) is 0. The number of nitrogens with zero attached hydrogens (tertiary/aromatic N) is 2. The van der Waals surface area contributed by atoms with Crippen LogP contribution in [0, 0.1) is 10.1 Å². The number of nitro groups is 1. The van der Waals surface area contributed by atoms with Crippen molar-refractivity contribution in [2.24, 2.45) is 0 Å². The first-order valence-electron chi connectivity index (χ1n) is 7.13. The van der Waals surface area contributed by atoms with Gasteiger partial charge in [0.15, 0.2) is 0 Å². The van der Waals surface area contributed by atoms with E-state index in [4.69, 9.17) is 9.47 Å². The number of aromatic nitrogens is 1. The molecule has 1 aromatic rings. The lowest BCUT2D eigenvalue weighted by molar-refractivity contribution is -0.385. The highest BCUT2D eigenvalue weighted by Crippen LogP contribution is 2.22. The first-order chi connectivity index (χ1) is 10.9. The molecule has 0 radical (unpaired) electrons. The average molecular weight is 322 g/mol. The molecule has 1 aromatic heterocycles. The van der Waals surface area contributed by atoms with Gasteiger partial charge in [0, 0.05) is 17.8 Å². The third kappa shape index (κ3) is 4.87. The van der Waals surface area contributed by atoms with Gasteiger partial charge in [0.2, 0.25) is 0 Å². The van der Waals surface area contributed by atoms with Crippen molar-refractivity contribution in [2.45, 2.75) is 27.2 Å². The highest BCUT2D eigenvalue weighted by Gasteiger charge is 2.20. The molecule has 0 bridgehead atoms. The molecule has 0 aromatic carbocycles. The van der Waals surface area contributed by atoms with Gasteiger partial charge in [-0.25, -0.2) is 14.6 Å². The topological polar surface area (TPSA) is 109 Å². The van der Waals surface area contributed by atoms with Gasteiger partial charge in [-0.15, -0.1) is 0 Å². The molecule has 0 N–H and O–H groups in total. The summed E-state index contributed by atoms with van der Waals surface area (Å²) in [5, 5.41) is 11.2. The summed E-state index contributed by atoms with van der Waals surface area (Å²) >= 11 is 0. The Labute approximate surface area is 133 Å². The molecule has 0 aliphatic rings. The van der Waals surface area contributed by atoms with Crippen molar-refractivity contribution in [2.75, 3.05) is 13.2 Å². The Kier molecular flexibility index (Phi) is 6.85. The summed E-state index contributed by atoms with van der Waals surface area (Å²) in [6.45, 7) is 5.37. The summed E-state index contributed by atoms with van der Waals surface area (Å²) in [4.78, 5) is 37.8. The molecule has 0 atom stereocenters. The quantitative estimate of drug-likeness (QED) is 0.328. The van der Waals surface area contributed by atoms with Crippen LogP contribution in [0.3, 0.4) is 0 Å². The molecule has 0 spiro atoms. The van der Waals surface area contributed by atoms with Crippen LogP contribution >= 0.6 is 0 Å². The van der Waals surface area contributed by atoms with Crippen molar-refractivity contribution in [3.05, 3.63) is 39.2 Å². The SMILES string of the molecule is CCOC(=O)/C(=C\c1ncc(C(=O)OCC)cc1[N+](=O)[O-])CC. The summed E-state index contributed by atoms with van der Waals surface area (Å²) in [7, 11) is 0. The lowest BCUT2D eigenvalue weighted by Crippen LogP contribution is -2.09. The summed E-state index contributed by atoms with van der Waals surface area (Å²) < 4.78 is 9.67. The molecule has 0 saturated carbocycles. The molecule has 0 saturated heterocycles. The van der Waals surface area contributed by atoms with Crippen LogP contribution in [0.2, 0.25) is 0 Å². The van der Waals surface area contributed by atoms with Crippen LogP contribution in [0.15, 0.2) is 17.8 Å². The molecule has 23 heavy (non-hydrogen) atoms. The minimum Gasteiger partial charge on any atom is -0.463 e. The van der Waals surface area contributed by atoms with Crippen LogP contribution in [-0.2, 0) is 14.3 Å². The van der Waals surface area contributed by atoms with E-state index in [0.29, 0.717) is 6.42 Å². The Morgan fingerprint density at radius 1 is 1.26 bits per heavy atom. The lowest BCUT2D eigenvalue weighted by atomic mass is 10.1. The standard InChI is InChI=1S/C15H18N2O6/c1-4-10(14(18)22-5-2)7-12-13(17(20)21)8-11(9-16-12)15(19)23-6-3/h7-9H,4-6H2,1-3H3/b10-7-. The Hall–Kier alpha value is -2.77. The minimum absolute atomic E-state index is 0.0204. The number of ether oxygens (including phenoxy) is 2. The van der Waals surface area contributed by atoms with E-state index in [0.717, 1.165) is 6.07 Å². The van der Waals surface area contributed by atoms with Gasteiger partial charge in [0.05, 0.1) is 23.7 Å².